The van der Waals surface area contributed by atoms with Gasteiger partial charge in [-0.25, -0.2) is 0 Å². The molecule has 21 heavy (non-hydrogen) atoms. The van der Waals surface area contributed by atoms with Crippen LogP contribution in [0.25, 0.3) is 0 Å². The summed E-state index contributed by atoms with van der Waals surface area (Å²) in [6.45, 7) is 5.58. The van der Waals surface area contributed by atoms with Crippen LogP contribution in [0.3, 0.4) is 0 Å². The van der Waals surface area contributed by atoms with E-state index in [1.807, 2.05) is 18.2 Å². The van der Waals surface area contributed by atoms with E-state index in [1.54, 1.807) is 7.11 Å². The van der Waals surface area contributed by atoms with E-state index >= 15 is 0 Å². The molecule has 1 aromatic rings. The molecule has 0 aliphatic carbocycles. The van der Waals surface area contributed by atoms with Crippen molar-refractivity contribution in [2.75, 3.05) is 33.4 Å². The molecule has 118 valence electrons. The Hall–Kier alpha value is -1.10. The average molecular weight is 293 g/mol. The number of rotatable bonds is 8. The second-order valence-electron chi connectivity index (χ2n) is 5.38. The Morgan fingerprint density at radius 2 is 2.05 bits per heavy atom. The maximum Gasteiger partial charge on any atom is 0.124 e. The van der Waals surface area contributed by atoms with Gasteiger partial charge in [0.2, 0.25) is 0 Å². The van der Waals surface area contributed by atoms with Gasteiger partial charge in [-0.3, -0.25) is 0 Å². The summed E-state index contributed by atoms with van der Waals surface area (Å²) in [6, 6.07) is 8.12. The van der Waals surface area contributed by atoms with Crippen molar-refractivity contribution in [3.63, 3.8) is 0 Å². The first-order valence-electron chi connectivity index (χ1n) is 7.92. The summed E-state index contributed by atoms with van der Waals surface area (Å²) >= 11 is 0. The fourth-order valence-electron chi connectivity index (χ4n) is 2.62. The first kappa shape index (κ1) is 16.3. The minimum atomic E-state index is 0.0239. The molecule has 0 amide bonds. The lowest BCUT2D eigenvalue weighted by atomic mass is 10.1. The van der Waals surface area contributed by atoms with Crippen molar-refractivity contribution in [2.45, 2.75) is 38.4 Å². The highest BCUT2D eigenvalue weighted by molar-refractivity contribution is 5.35. The number of methoxy groups -OCH3 is 1. The summed E-state index contributed by atoms with van der Waals surface area (Å²) < 4.78 is 17.2. The molecule has 4 heteroatoms. The normalized spacial score (nSPS) is 17.6. The van der Waals surface area contributed by atoms with Crippen LogP contribution >= 0.6 is 0 Å². The topological polar surface area (TPSA) is 39.7 Å². The van der Waals surface area contributed by atoms with Gasteiger partial charge >= 0.3 is 0 Å². The Balaban J connectivity index is 2.06. The van der Waals surface area contributed by atoms with E-state index in [1.165, 1.54) is 0 Å². The maximum absolute atomic E-state index is 6.34. The predicted octanol–water partition coefficient (Wildman–Crippen LogP) is 2.93. The van der Waals surface area contributed by atoms with Gasteiger partial charge in [0.15, 0.2) is 0 Å². The van der Waals surface area contributed by atoms with Crippen LogP contribution in [0.15, 0.2) is 24.3 Å². The van der Waals surface area contributed by atoms with Crippen molar-refractivity contribution < 1.29 is 14.2 Å². The fraction of sp³-hybridized carbons (Fsp3) is 0.647. The Morgan fingerprint density at radius 3 is 2.76 bits per heavy atom. The van der Waals surface area contributed by atoms with E-state index in [2.05, 4.69) is 18.3 Å². The highest BCUT2D eigenvalue weighted by Crippen LogP contribution is 2.29. The summed E-state index contributed by atoms with van der Waals surface area (Å²) in [5.41, 5.74) is 1.12. The molecule has 2 rings (SSSR count). The Morgan fingerprint density at radius 1 is 1.29 bits per heavy atom. The van der Waals surface area contributed by atoms with Crippen LogP contribution < -0.4 is 10.1 Å². The average Bonchev–Trinajstić information content (AvgIpc) is 2.55. The smallest absolute Gasteiger partial charge is 0.124 e. The van der Waals surface area contributed by atoms with Gasteiger partial charge in [0.05, 0.1) is 19.3 Å². The van der Waals surface area contributed by atoms with Gasteiger partial charge in [0.25, 0.3) is 0 Å². The molecule has 1 aliphatic heterocycles. The molecule has 0 saturated carbocycles. The van der Waals surface area contributed by atoms with Crippen LogP contribution in [0, 0.1) is 0 Å². The zero-order valence-corrected chi connectivity index (χ0v) is 13.1. The molecule has 1 atom stereocenters. The largest absolute Gasteiger partial charge is 0.496 e. The molecular formula is C17H27NO3. The number of hydrogen-bond acceptors (Lipinski definition) is 4. The van der Waals surface area contributed by atoms with Gasteiger partial charge in [-0.1, -0.05) is 25.1 Å². The number of nitrogens with one attached hydrogen (secondary N) is 1. The van der Waals surface area contributed by atoms with Crippen molar-refractivity contribution in [2.24, 2.45) is 0 Å². The Labute approximate surface area is 127 Å². The number of para-hydroxylation sites is 1. The van der Waals surface area contributed by atoms with Crippen molar-refractivity contribution in [3.05, 3.63) is 29.8 Å². The summed E-state index contributed by atoms with van der Waals surface area (Å²) in [6.07, 6.45) is 3.36. The third kappa shape index (κ3) is 4.99. The molecule has 4 nitrogen and oxygen atoms in total. The summed E-state index contributed by atoms with van der Waals surface area (Å²) in [7, 11) is 1.71. The van der Waals surface area contributed by atoms with E-state index in [9.17, 15) is 0 Å². The van der Waals surface area contributed by atoms with Crippen molar-refractivity contribution in [3.8, 4) is 5.75 Å². The molecule has 1 aromatic carbocycles. The first-order chi connectivity index (χ1) is 10.3. The second-order valence-corrected chi connectivity index (χ2v) is 5.38. The van der Waals surface area contributed by atoms with Gasteiger partial charge < -0.3 is 19.5 Å². The van der Waals surface area contributed by atoms with Crippen LogP contribution in [0.5, 0.6) is 5.75 Å². The standard InChI is InChI=1S/C17H27NO3/c1-3-10-18-13-17(21-14-8-11-20-12-9-14)15-6-4-5-7-16(15)19-2/h4-7,14,17-18H,3,8-13H2,1-2H3. The first-order valence-corrected chi connectivity index (χ1v) is 7.92. The van der Waals surface area contributed by atoms with Crippen LogP contribution in [0.1, 0.15) is 37.9 Å². The summed E-state index contributed by atoms with van der Waals surface area (Å²) in [5, 5.41) is 3.46. The third-order valence-electron chi connectivity index (χ3n) is 3.77. The highest BCUT2D eigenvalue weighted by atomic mass is 16.5. The van der Waals surface area contributed by atoms with E-state index in [0.29, 0.717) is 0 Å². The molecule has 1 aliphatic rings. The minimum absolute atomic E-state index is 0.0239. The quantitative estimate of drug-likeness (QED) is 0.748. The minimum Gasteiger partial charge on any atom is -0.496 e. The molecule has 0 radical (unpaired) electrons. The lowest BCUT2D eigenvalue weighted by Gasteiger charge is -2.29. The van der Waals surface area contributed by atoms with Gasteiger partial charge in [-0.2, -0.15) is 0 Å². The van der Waals surface area contributed by atoms with E-state index in [-0.39, 0.29) is 12.2 Å². The molecule has 1 heterocycles. The van der Waals surface area contributed by atoms with Gasteiger partial charge in [-0.15, -0.1) is 0 Å². The molecule has 1 unspecified atom stereocenters. The monoisotopic (exact) mass is 293 g/mol. The van der Waals surface area contributed by atoms with E-state index in [0.717, 1.165) is 56.9 Å². The summed E-state index contributed by atoms with van der Waals surface area (Å²) in [5.74, 6) is 0.896. The third-order valence-corrected chi connectivity index (χ3v) is 3.77. The molecular weight excluding hydrogens is 266 g/mol. The molecule has 0 bridgehead atoms. The van der Waals surface area contributed by atoms with Crippen LogP contribution in [0.4, 0.5) is 0 Å². The van der Waals surface area contributed by atoms with Crippen molar-refractivity contribution in [1.29, 1.82) is 0 Å². The summed E-state index contributed by atoms with van der Waals surface area (Å²) in [4.78, 5) is 0. The van der Waals surface area contributed by atoms with Crippen molar-refractivity contribution in [1.82, 2.24) is 5.32 Å². The highest BCUT2D eigenvalue weighted by Gasteiger charge is 2.22. The zero-order valence-electron chi connectivity index (χ0n) is 13.1. The molecule has 1 fully saturated rings. The van der Waals surface area contributed by atoms with E-state index < -0.39 is 0 Å². The lowest BCUT2D eigenvalue weighted by molar-refractivity contribution is -0.0693. The lowest BCUT2D eigenvalue weighted by Crippen LogP contribution is -2.30. The SMILES string of the molecule is CCCNCC(OC1CCOCC1)c1ccccc1OC. The number of ether oxygens (including phenoxy) is 3. The van der Waals surface area contributed by atoms with Crippen LogP contribution in [0.2, 0.25) is 0 Å². The molecule has 1 saturated heterocycles. The van der Waals surface area contributed by atoms with Gasteiger partial charge in [0.1, 0.15) is 5.75 Å². The predicted molar refractivity (Wildman–Crippen MR) is 83.8 cm³/mol. The zero-order chi connectivity index (χ0) is 14.9. The molecule has 1 N–H and O–H groups in total. The number of benzene rings is 1. The fourth-order valence-corrected chi connectivity index (χ4v) is 2.62. The maximum atomic E-state index is 6.34. The number of hydrogen-bond donors (Lipinski definition) is 1. The molecule has 0 spiro atoms. The van der Waals surface area contributed by atoms with E-state index in [4.69, 9.17) is 14.2 Å². The van der Waals surface area contributed by atoms with Gasteiger partial charge in [-0.05, 0) is 31.9 Å². The van der Waals surface area contributed by atoms with Gasteiger partial charge in [0, 0.05) is 25.3 Å². The molecule has 0 aromatic heterocycles. The Bertz CT molecular complexity index is 405. The van der Waals surface area contributed by atoms with Crippen molar-refractivity contribution >= 4 is 0 Å². The second kappa shape index (κ2) is 9.03. The Kier molecular flexibility index (Phi) is 7.00. The van der Waals surface area contributed by atoms with Crippen LogP contribution in [-0.2, 0) is 9.47 Å². The van der Waals surface area contributed by atoms with Crippen LogP contribution in [-0.4, -0.2) is 39.5 Å².